The van der Waals surface area contributed by atoms with E-state index in [2.05, 4.69) is 11.9 Å². The third-order valence-electron chi connectivity index (χ3n) is 1.80. The van der Waals surface area contributed by atoms with E-state index in [1.165, 1.54) is 6.08 Å². The molecule has 15 heavy (non-hydrogen) atoms. The van der Waals surface area contributed by atoms with Crippen LogP contribution in [0.4, 0.5) is 5.69 Å². The van der Waals surface area contributed by atoms with Gasteiger partial charge in [0.2, 0.25) is 0 Å². The van der Waals surface area contributed by atoms with Crippen LogP contribution in [0, 0.1) is 0 Å². The van der Waals surface area contributed by atoms with Crippen molar-refractivity contribution < 1.29 is 9.90 Å². The number of nitrogens with one attached hydrogen (secondary N) is 1. The van der Waals surface area contributed by atoms with Crippen molar-refractivity contribution in [2.75, 3.05) is 5.32 Å². The van der Waals surface area contributed by atoms with E-state index < -0.39 is 12.0 Å². The van der Waals surface area contributed by atoms with Crippen molar-refractivity contribution >= 4 is 23.2 Å². The van der Waals surface area contributed by atoms with E-state index in [-0.39, 0.29) is 6.42 Å². The number of hydrogen-bond acceptors (Lipinski definition) is 2. The molecule has 3 nitrogen and oxygen atoms in total. The van der Waals surface area contributed by atoms with E-state index >= 15 is 0 Å². The topological polar surface area (TPSA) is 49.3 Å². The van der Waals surface area contributed by atoms with Gasteiger partial charge in [0.1, 0.15) is 6.10 Å². The highest BCUT2D eigenvalue weighted by Gasteiger charge is 2.12. The van der Waals surface area contributed by atoms with Crippen molar-refractivity contribution in [1.82, 2.24) is 0 Å². The van der Waals surface area contributed by atoms with Crippen LogP contribution >= 0.6 is 11.6 Å². The van der Waals surface area contributed by atoms with Crippen molar-refractivity contribution in [3.8, 4) is 0 Å². The molecule has 0 saturated heterocycles. The number of amides is 1. The molecule has 0 radical (unpaired) electrons. The van der Waals surface area contributed by atoms with Crippen molar-refractivity contribution in [2.24, 2.45) is 0 Å². The van der Waals surface area contributed by atoms with Gasteiger partial charge in [-0.15, -0.1) is 6.58 Å². The van der Waals surface area contributed by atoms with Crippen molar-refractivity contribution in [3.63, 3.8) is 0 Å². The molecule has 1 aromatic rings. The number of carbonyl (C=O) groups excluding carboxylic acids is 1. The summed E-state index contributed by atoms with van der Waals surface area (Å²) in [5.74, 6) is -0.447. The molecule has 0 aromatic heterocycles. The molecule has 1 rings (SSSR count). The Hall–Kier alpha value is -1.32. The summed E-state index contributed by atoms with van der Waals surface area (Å²) in [5, 5.41) is 12.5. The summed E-state index contributed by atoms with van der Waals surface area (Å²) in [4.78, 5) is 11.3. The number of carbonyl (C=O) groups is 1. The average molecular weight is 226 g/mol. The second-order valence-corrected chi connectivity index (χ2v) is 3.47. The van der Waals surface area contributed by atoms with Gasteiger partial charge in [0, 0.05) is 17.1 Å². The van der Waals surface area contributed by atoms with Crippen LogP contribution in [0.25, 0.3) is 0 Å². The molecule has 1 aromatic carbocycles. The first-order chi connectivity index (χ1) is 7.13. The maximum atomic E-state index is 11.3. The second-order valence-electron chi connectivity index (χ2n) is 3.04. The summed E-state index contributed by atoms with van der Waals surface area (Å²) in [6.07, 6.45) is 0.670. The molecule has 80 valence electrons. The van der Waals surface area contributed by atoms with Crippen LogP contribution in [0.5, 0.6) is 0 Å². The Kier molecular flexibility index (Phi) is 4.34. The average Bonchev–Trinajstić information content (AvgIpc) is 2.22. The minimum absolute atomic E-state index is 0.236. The van der Waals surface area contributed by atoms with E-state index in [1.54, 1.807) is 24.3 Å². The highest BCUT2D eigenvalue weighted by atomic mass is 35.5. The van der Waals surface area contributed by atoms with Gasteiger partial charge in [-0.1, -0.05) is 17.7 Å². The summed E-state index contributed by atoms with van der Waals surface area (Å²) in [6, 6.07) is 6.66. The number of halogens is 1. The van der Waals surface area contributed by atoms with Crippen molar-refractivity contribution in [3.05, 3.63) is 41.9 Å². The molecular formula is C11H12ClNO2. The fourth-order valence-electron chi connectivity index (χ4n) is 1.02. The van der Waals surface area contributed by atoms with Crippen LogP contribution in [0.3, 0.4) is 0 Å². The third-order valence-corrected chi connectivity index (χ3v) is 2.06. The lowest BCUT2D eigenvalue weighted by Crippen LogP contribution is -2.26. The summed E-state index contributed by atoms with van der Waals surface area (Å²) in [7, 11) is 0. The lowest BCUT2D eigenvalue weighted by atomic mass is 10.2. The van der Waals surface area contributed by atoms with Crippen molar-refractivity contribution in [2.45, 2.75) is 12.5 Å². The van der Waals surface area contributed by atoms with Crippen LogP contribution < -0.4 is 5.32 Å². The van der Waals surface area contributed by atoms with Crippen LogP contribution in [-0.4, -0.2) is 17.1 Å². The number of aliphatic hydroxyl groups excluding tert-OH is 1. The van der Waals surface area contributed by atoms with Gasteiger partial charge in [0.25, 0.3) is 5.91 Å². The van der Waals surface area contributed by atoms with Crippen molar-refractivity contribution in [1.29, 1.82) is 0 Å². The fraction of sp³-hybridized carbons (Fsp3) is 0.182. The van der Waals surface area contributed by atoms with E-state index in [9.17, 15) is 9.90 Å². The summed E-state index contributed by atoms with van der Waals surface area (Å²) in [6.45, 7) is 3.44. The Morgan fingerprint density at radius 1 is 1.53 bits per heavy atom. The van der Waals surface area contributed by atoms with Gasteiger partial charge in [-0.3, -0.25) is 4.79 Å². The van der Waals surface area contributed by atoms with E-state index in [4.69, 9.17) is 11.6 Å². The Morgan fingerprint density at radius 2 is 2.13 bits per heavy atom. The van der Waals surface area contributed by atoms with Gasteiger partial charge in [-0.05, 0) is 24.3 Å². The summed E-state index contributed by atoms with van der Waals surface area (Å²) in [5.41, 5.74) is 0.604. The van der Waals surface area contributed by atoms with Gasteiger partial charge >= 0.3 is 0 Å². The SMILES string of the molecule is C=CCC(O)C(=O)Nc1ccc(Cl)cc1. The molecular weight excluding hydrogens is 214 g/mol. The number of benzene rings is 1. The molecule has 1 amide bonds. The van der Waals surface area contributed by atoms with Crippen LogP contribution in [0.1, 0.15) is 6.42 Å². The minimum atomic E-state index is -1.06. The monoisotopic (exact) mass is 225 g/mol. The minimum Gasteiger partial charge on any atom is -0.383 e. The zero-order valence-corrected chi connectivity index (χ0v) is 8.87. The molecule has 2 N–H and O–H groups in total. The maximum absolute atomic E-state index is 11.3. The number of hydrogen-bond donors (Lipinski definition) is 2. The van der Waals surface area contributed by atoms with Gasteiger partial charge in [0.05, 0.1) is 0 Å². The fourth-order valence-corrected chi connectivity index (χ4v) is 1.15. The van der Waals surface area contributed by atoms with Gasteiger partial charge in [-0.25, -0.2) is 0 Å². The Bertz CT molecular complexity index is 348. The molecule has 0 aliphatic rings. The molecule has 4 heteroatoms. The summed E-state index contributed by atoms with van der Waals surface area (Å²) < 4.78 is 0. The smallest absolute Gasteiger partial charge is 0.253 e. The summed E-state index contributed by atoms with van der Waals surface area (Å²) >= 11 is 5.69. The zero-order valence-electron chi connectivity index (χ0n) is 8.11. The molecule has 0 saturated carbocycles. The predicted octanol–water partition coefficient (Wildman–Crippen LogP) is 2.22. The quantitative estimate of drug-likeness (QED) is 0.772. The zero-order chi connectivity index (χ0) is 11.3. The van der Waals surface area contributed by atoms with Gasteiger partial charge < -0.3 is 10.4 Å². The second kappa shape index (κ2) is 5.53. The molecule has 0 fully saturated rings. The standard InChI is InChI=1S/C11H12ClNO2/c1-2-3-10(14)11(15)13-9-6-4-8(12)5-7-9/h2,4-7,10,14H,1,3H2,(H,13,15). The first kappa shape index (κ1) is 11.8. The molecule has 1 atom stereocenters. The Balaban J connectivity index is 2.58. The molecule has 0 spiro atoms. The largest absolute Gasteiger partial charge is 0.383 e. The molecule has 0 aliphatic carbocycles. The predicted molar refractivity (Wildman–Crippen MR) is 60.9 cm³/mol. The number of rotatable bonds is 4. The van der Waals surface area contributed by atoms with Gasteiger partial charge in [-0.2, -0.15) is 0 Å². The maximum Gasteiger partial charge on any atom is 0.253 e. The molecule has 0 heterocycles. The first-order valence-electron chi connectivity index (χ1n) is 4.49. The Labute approximate surface area is 93.4 Å². The highest BCUT2D eigenvalue weighted by Crippen LogP contribution is 2.13. The first-order valence-corrected chi connectivity index (χ1v) is 4.86. The van der Waals surface area contributed by atoms with E-state index in [1.807, 2.05) is 0 Å². The van der Waals surface area contributed by atoms with E-state index in [0.717, 1.165) is 0 Å². The molecule has 0 aliphatic heterocycles. The molecule has 0 bridgehead atoms. The van der Waals surface area contributed by atoms with Gasteiger partial charge in [0.15, 0.2) is 0 Å². The molecule has 1 unspecified atom stereocenters. The van der Waals surface area contributed by atoms with E-state index in [0.29, 0.717) is 10.7 Å². The lowest BCUT2D eigenvalue weighted by Gasteiger charge is -2.09. The van der Waals surface area contributed by atoms with Crippen LogP contribution in [-0.2, 0) is 4.79 Å². The Morgan fingerprint density at radius 3 is 2.67 bits per heavy atom. The normalized spacial score (nSPS) is 11.9. The van der Waals surface area contributed by atoms with Crippen LogP contribution in [0.2, 0.25) is 5.02 Å². The highest BCUT2D eigenvalue weighted by molar-refractivity contribution is 6.30. The third kappa shape index (κ3) is 3.73. The van der Waals surface area contributed by atoms with Crippen LogP contribution in [0.15, 0.2) is 36.9 Å². The number of aliphatic hydroxyl groups is 1. The number of anilines is 1. The lowest BCUT2D eigenvalue weighted by molar-refractivity contribution is -0.123.